The first-order chi connectivity index (χ1) is 14.9. The van der Waals surface area contributed by atoms with Gasteiger partial charge in [0.25, 0.3) is 0 Å². The van der Waals surface area contributed by atoms with E-state index < -0.39 is 5.60 Å². The normalized spacial score (nSPS) is 16.5. The van der Waals surface area contributed by atoms with E-state index in [1.807, 2.05) is 34.6 Å². The Labute approximate surface area is 191 Å². The Morgan fingerprint density at radius 3 is 2.28 bits per heavy atom. The van der Waals surface area contributed by atoms with Crippen molar-refractivity contribution >= 4 is 29.4 Å². The highest BCUT2D eigenvalue weighted by Gasteiger charge is 2.27. The zero-order valence-corrected chi connectivity index (χ0v) is 20.2. The van der Waals surface area contributed by atoms with Crippen LogP contribution in [0.5, 0.6) is 0 Å². The van der Waals surface area contributed by atoms with Crippen LogP contribution in [0.3, 0.4) is 0 Å². The number of likely N-dealkylation sites (tertiary alicyclic amines) is 1. The SMILES string of the molecule is CC(C)CC(=O)Nc1ccc(NC(=O)N2CCCC(CN(C)C(=O)OC(C)(C)C)C2)cc1. The second-order valence-electron chi connectivity index (χ2n) is 9.97. The molecule has 0 spiro atoms. The highest BCUT2D eigenvalue weighted by atomic mass is 16.6. The van der Waals surface area contributed by atoms with Crippen molar-refractivity contribution in [2.75, 3.05) is 37.3 Å². The monoisotopic (exact) mass is 446 g/mol. The van der Waals surface area contributed by atoms with E-state index in [2.05, 4.69) is 10.6 Å². The van der Waals surface area contributed by atoms with Crippen molar-refractivity contribution in [1.82, 2.24) is 9.80 Å². The summed E-state index contributed by atoms with van der Waals surface area (Å²) < 4.78 is 5.41. The quantitative estimate of drug-likeness (QED) is 0.658. The third kappa shape index (κ3) is 8.77. The van der Waals surface area contributed by atoms with Crippen LogP contribution < -0.4 is 10.6 Å². The molecule has 8 heteroatoms. The summed E-state index contributed by atoms with van der Waals surface area (Å²) in [4.78, 5) is 40.2. The van der Waals surface area contributed by atoms with Crippen LogP contribution in [0.15, 0.2) is 24.3 Å². The van der Waals surface area contributed by atoms with E-state index in [0.717, 1.165) is 12.8 Å². The minimum atomic E-state index is -0.531. The van der Waals surface area contributed by atoms with E-state index >= 15 is 0 Å². The van der Waals surface area contributed by atoms with Crippen molar-refractivity contribution in [3.05, 3.63) is 24.3 Å². The second-order valence-corrected chi connectivity index (χ2v) is 9.97. The van der Waals surface area contributed by atoms with Gasteiger partial charge in [0.05, 0.1) is 0 Å². The van der Waals surface area contributed by atoms with Gasteiger partial charge in [0.1, 0.15) is 5.60 Å². The molecule has 2 N–H and O–H groups in total. The van der Waals surface area contributed by atoms with E-state index in [-0.39, 0.29) is 23.9 Å². The number of amides is 4. The standard InChI is InChI=1S/C24H38N4O4/c1-17(2)14-21(29)25-19-9-11-20(12-10-19)26-22(30)28-13-7-8-18(16-28)15-27(6)23(31)32-24(3,4)5/h9-12,17-18H,7-8,13-16H2,1-6H3,(H,25,29)(H,26,30). The molecule has 0 saturated carbocycles. The number of hydrogen-bond donors (Lipinski definition) is 2. The van der Waals surface area contributed by atoms with Crippen molar-refractivity contribution in [2.24, 2.45) is 11.8 Å². The van der Waals surface area contributed by atoms with Gasteiger partial charge in [0.2, 0.25) is 5.91 Å². The summed E-state index contributed by atoms with van der Waals surface area (Å²) in [6.45, 7) is 11.3. The molecule has 1 aliphatic rings. The Hall–Kier alpha value is -2.77. The lowest BCUT2D eigenvalue weighted by molar-refractivity contribution is -0.116. The molecular formula is C24H38N4O4. The summed E-state index contributed by atoms with van der Waals surface area (Å²) in [5.74, 6) is 0.476. The van der Waals surface area contributed by atoms with Gasteiger partial charge in [-0.2, -0.15) is 0 Å². The molecule has 0 radical (unpaired) electrons. The number of hydrogen-bond acceptors (Lipinski definition) is 4. The Morgan fingerprint density at radius 1 is 1.12 bits per heavy atom. The fourth-order valence-corrected chi connectivity index (χ4v) is 3.62. The molecule has 178 valence electrons. The molecule has 1 aromatic rings. The summed E-state index contributed by atoms with van der Waals surface area (Å²) in [6.07, 6.45) is 1.97. The van der Waals surface area contributed by atoms with Crippen LogP contribution in [0.2, 0.25) is 0 Å². The number of anilines is 2. The maximum atomic E-state index is 12.7. The molecule has 2 rings (SSSR count). The first-order valence-electron chi connectivity index (χ1n) is 11.3. The van der Waals surface area contributed by atoms with E-state index in [1.54, 1.807) is 41.1 Å². The van der Waals surface area contributed by atoms with Gasteiger partial charge >= 0.3 is 12.1 Å². The smallest absolute Gasteiger partial charge is 0.410 e. The molecule has 4 amide bonds. The summed E-state index contributed by atoms with van der Waals surface area (Å²) in [7, 11) is 1.73. The topological polar surface area (TPSA) is 91.0 Å². The molecule has 1 atom stereocenters. The zero-order chi connectivity index (χ0) is 23.9. The van der Waals surface area contributed by atoms with Gasteiger partial charge in [-0.25, -0.2) is 9.59 Å². The average molecular weight is 447 g/mol. The fraction of sp³-hybridized carbons (Fsp3) is 0.625. The maximum Gasteiger partial charge on any atom is 0.410 e. The number of benzene rings is 1. The number of carbonyl (C=O) groups is 3. The summed E-state index contributed by atoms with van der Waals surface area (Å²) in [5, 5.41) is 5.78. The van der Waals surface area contributed by atoms with Crippen LogP contribution in [-0.2, 0) is 9.53 Å². The van der Waals surface area contributed by atoms with Gasteiger partial charge in [-0.1, -0.05) is 13.8 Å². The number of ether oxygens (including phenoxy) is 1. The Balaban J connectivity index is 1.85. The highest BCUT2D eigenvalue weighted by molar-refractivity contribution is 5.92. The molecule has 1 unspecified atom stereocenters. The molecule has 1 aromatic carbocycles. The third-order valence-corrected chi connectivity index (χ3v) is 5.06. The number of rotatable bonds is 6. The highest BCUT2D eigenvalue weighted by Crippen LogP contribution is 2.20. The van der Waals surface area contributed by atoms with Crippen molar-refractivity contribution in [3.63, 3.8) is 0 Å². The van der Waals surface area contributed by atoms with Gasteiger partial charge in [-0.15, -0.1) is 0 Å². The van der Waals surface area contributed by atoms with Crippen LogP contribution in [-0.4, -0.2) is 60.1 Å². The van der Waals surface area contributed by atoms with Crippen LogP contribution in [0.4, 0.5) is 21.0 Å². The van der Waals surface area contributed by atoms with Crippen molar-refractivity contribution in [2.45, 2.75) is 59.5 Å². The minimum absolute atomic E-state index is 0.0208. The number of urea groups is 1. The lowest BCUT2D eigenvalue weighted by Gasteiger charge is -2.35. The number of nitrogens with zero attached hydrogens (tertiary/aromatic N) is 2. The molecule has 1 heterocycles. The van der Waals surface area contributed by atoms with Crippen LogP contribution >= 0.6 is 0 Å². The van der Waals surface area contributed by atoms with Gasteiger partial charge in [-0.3, -0.25) is 4.79 Å². The second kappa shape index (κ2) is 11.2. The van der Waals surface area contributed by atoms with Crippen molar-refractivity contribution in [1.29, 1.82) is 0 Å². The summed E-state index contributed by atoms with van der Waals surface area (Å²) in [5.41, 5.74) is 0.845. The molecule has 0 bridgehead atoms. The first-order valence-corrected chi connectivity index (χ1v) is 11.3. The van der Waals surface area contributed by atoms with E-state index in [4.69, 9.17) is 4.74 Å². The van der Waals surface area contributed by atoms with Crippen molar-refractivity contribution < 1.29 is 19.1 Å². The predicted molar refractivity (Wildman–Crippen MR) is 127 cm³/mol. The molecule has 8 nitrogen and oxygen atoms in total. The minimum Gasteiger partial charge on any atom is -0.444 e. The Morgan fingerprint density at radius 2 is 1.72 bits per heavy atom. The van der Waals surface area contributed by atoms with Crippen LogP contribution in [0, 0.1) is 11.8 Å². The van der Waals surface area contributed by atoms with Gasteiger partial charge in [-0.05, 0) is 69.7 Å². The van der Waals surface area contributed by atoms with Crippen molar-refractivity contribution in [3.8, 4) is 0 Å². The van der Waals surface area contributed by atoms with E-state index in [9.17, 15) is 14.4 Å². The predicted octanol–water partition coefficient (Wildman–Crippen LogP) is 4.78. The summed E-state index contributed by atoms with van der Waals surface area (Å²) in [6, 6.07) is 6.96. The van der Waals surface area contributed by atoms with E-state index in [1.165, 1.54) is 0 Å². The van der Waals surface area contributed by atoms with Gasteiger partial charge in [0.15, 0.2) is 0 Å². The first kappa shape index (κ1) is 25.5. The lowest BCUT2D eigenvalue weighted by Crippen LogP contribution is -2.46. The largest absolute Gasteiger partial charge is 0.444 e. The van der Waals surface area contributed by atoms with Crippen LogP contribution in [0.25, 0.3) is 0 Å². The molecule has 1 fully saturated rings. The molecule has 32 heavy (non-hydrogen) atoms. The fourth-order valence-electron chi connectivity index (χ4n) is 3.62. The molecular weight excluding hydrogens is 408 g/mol. The lowest BCUT2D eigenvalue weighted by atomic mass is 9.98. The van der Waals surface area contributed by atoms with E-state index in [0.29, 0.717) is 43.3 Å². The molecule has 1 saturated heterocycles. The van der Waals surface area contributed by atoms with Gasteiger partial charge in [0, 0.05) is 44.5 Å². The van der Waals surface area contributed by atoms with Crippen LogP contribution in [0.1, 0.15) is 53.9 Å². The zero-order valence-electron chi connectivity index (χ0n) is 20.2. The molecule has 1 aliphatic heterocycles. The Kier molecular flexibility index (Phi) is 8.92. The number of carbonyl (C=O) groups excluding carboxylic acids is 3. The maximum absolute atomic E-state index is 12.7. The number of nitrogens with one attached hydrogen (secondary N) is 2. The third-order valence-electron chi connectivity index (χ3n) is 5.06. The molecule has 0 aliphatic carbocycles. The number of piperidine rings is 1. The summed E-state index contributed by atoms with van der Waals surface area (Å²) >= 11 is 0. The van der Waals surface area contributed by atoms with Gasteiger partial charge < -0.3 is 25.2 Å². The average Bonchev–Trinajstić information content (AvgIpc) is 2.67. The Bertz CT molecular complexity index is 786. The molecule has 0 aromatic heterocycles.